The Hall–Kier alpha value is 1.71. The fourth-order valence-corrected chi connectivity index (χ4v) is 6.72. The maximum atomic E-state index is 2.41. The van der Waals surface area contributed by atoms with Crippen LogP contribution in [-0.4, -0.2) is 42.9 Å². The van der Waals surface area contributed by atoms with E-state index in [1.165, 1.54) is 23.0 Å². The first kappa shape index (κ1) is 11.2. The van der Waals surface area contributed by atoms with Gasteiger partial charge in [-0.15, -0.1) is 3.12 Å². The van der Waals surface area contributed by atoms with Crippen LogP contribution in [0.5, 0.6) is 0 Å². The molecule has 0 N–H and O–H groups in total. The van der Waals surface area contributed by atoms with Crippen molar-refractivity contribution in [3.63, 3.8) is 0 Å². The lowest BCUT2D eigenvalue weighted by Crippen LogP contribution is -2.27. The maximum Gasteiger partial charge on any atom is 0.0393 e. The second kappa shape index (κ2) is 5.70. The zero-order chi connectivity index (χ0) is 9.10. The molecule has 0 saturated carbocycles. The van der Waals surface area contributed by atoms with Crippen molar-refractivity contribution >= 4 is 59.4 Å². The third kappa shape index (κ3) is 3.34. The normalized spacial score (nSPS) is 24.5. The lowest BCUT2D eigenvalue weighted by molar-refractivity contribution is 1.03. The van der Waals surface area contributed by atoms with Gasteiger partial charge in [-0.1, -0.05) is 35.8 Å². The topological polar surface area (TPSA) is 3.24 Å². The molecule has 0 unspecified atom stereocenters. The Morgan fingerprint density at radius 2 is 1.46 bits per heavy atom. The molecule has 2 rings (SSSR count). The summed E-state index contributed by atoms with van der Waals surface area (Å²) in [5.41, 5.74) is 0. The molecule has 2 aliphatic rings. The Kier molecular flexibility index (Phi) is 4.91. The van der Waals surface area contributed by atoms with Gasteiger partial charge in [-0.3, -0.25) is 0 Å². The number of thioether (sulfide) groups is 2. The van der Waals surface area contributed by atoms with E-state index < -0.39 is 0 Å². The highest BCUT2D eigenvalue weighted by molar-refractivity contribution is 8.26. The molecule has 2 saturated heterocycles. The monoisotopic (exact) mass is 271 g/mol. The average Bonchev–Trinajstić information content (AvgIpc) is 1.98. The van der Waals surface area contributed by atoms with Crippen LogP contribution in [0.3, 0.4) is 0 Å². The number of rotatable bonds is 5. The maximum absolute atomic E-state index is 2.41. The Morgan fingerprint density at radius 1 is 1.00 bits per heavy atom. The van der Waals surface area contributed by atoms with Gasteiger partial charge >= 0.3 is 0 Å². The Bertz CT molecular complexity index is 143. The second-order valence-electron chi connectivity index (χ2n) is 2.94. The molecule has 0 spiro atoms. The summed E-state index contributed by atoms with van der Waals surface area (Å²) in [7, 11) is 0. The molecule has 1 nitrogen and oxygen atoms in total. The smallest absolute Gasteiger partial charge is 0.0393 e. The van der Waals surface area contributed by atoms with Crippen LogP contribution in [0.1, 0.15) is 0 Å². The SMILES string of the molecule is CSN(SC1CSC1)SC1CSC1. The van der Waals surface area contributed by atoms with Crippen molar-refractivity contribution in [1.82, 2.24) is 3.12 Å². The zero-order valence-corrected chi connectivity index (χ0v) is 11.6. The zero-order valence-electron chi connectivity index (χ0n) is 7.47. The lowest BCUT2D eigenvalue weighted by Gasteiger charge is -2.32. The van der Waals surface area contributed by atoms with Gasteiger partial charge < -0.3 is 0 Å². The fourth-order valence-electron chi connectivity index (χ4n) is 0.904. The van der Waals surface area contributed by atoms with Gasteiger partial charge in [-0.25, -0.2) is 0 Å². The fraction of sp³-hybridized carbons (Fsp3) is 1.00. The van der Waals surface area contributed by atoms with Crippen LogP contribution < -0.4 is 0 Å². The molecule has 0 atom stereocenters. The molecular formula is C7H13NS5. The molecule has 0 bridgehead atoms. The molecule has 0 radical (unpaired) electrons. The van der Waals surface area contributed by atoms with E-state index in [0.29, 0.717) is 0 Å². The summed E-state index contributed by atoms with van der Waals surface area (Å²) in [6, 6.07) is 0. The van der Waals surface area contributed by atoms with E-state index in [1.807, 2.05) is 35.8 Å². The lowest BCUT2D eigenvalue weighted by atomic mass is 10.5. The van der Waals surface area contributed by atoms with Gasteiger partial charge in [0, 0.05) is 33.5 Å². The third-order valence-electron chi connectivity index (χ3n) is 1.83. The van der Waals surface area contributed by atoms with Crippen LogP contribution in [0.4, 0.5) is 0 Å². The summed E-state index contributed by atoms with van der Waals surface area (Å²) in [6.07, 6.45) is 2.18. The van der Waals surface area contributed by atoms with Gasteiger partial charge in [0.15, 0.2) is 0 Å². The van der Waals surface area contributed by atoms with Crippen LogP contribution in [0.15, 0.2) is 0 Å². The van der Waals surface area contributed by atoms with Gasteiger partial charge in [0.1, 0.15) is 0 Å². The van der Waals surface area contributed by atoms with E-state index in [4.69, 9.17) is 0 Å². The molecule has 0 aromatic rings. The van der Waals surface area contributed by atoms with Crippen LogP contribution in [0.2, 0.25) is 0 Å². The highest BCUT2D eigenvalue weighted by Gasteiger charge is 2.27. The first-order valence-corrected chi connectivity index (χ1v) is 9.38. The Morgan fingerprint density at radius 3 is 1.69 bits per heavy atom. The molecule has 76 valence electrons. The summed E-state index contributed by atoms with van der Waals surface area (Å²) in [4.78, 5) is 0. The van der Waals surface area contributed by atoms with Crippen molar-refractivity contribution in [2.24, 2.45) is 0 Å². The molecular weight excluding hydrogens is 258 g/mol. The van der Waals surface area contributed by atoms with E-state index in [-0.39, 0.29) is 0 Å². The molecule has 2 aliphatic heterocycles. The van der Waals surface area contributed by atoms with Crippen LogP contribution in [0, 0.1) is 0 Å². The summed E-state index contributed by atoms with van der Waals surface area (Å²) in [6.45, 7) is 0. The van der Waals surface area contributed by atoms with Gasteiger partial charge in [-0.2, -0.15) is 23.5 Å². The Labute approximate surface area is 102 Å². The van der Waals surface area contributed by atoms with Crippen molar-refractivity contribution in [2.45, 2.75) is 10.5 Å². The molecule has 2 fully saturated rings. The molecule has 0 aliphatic carbocycles. The molecule has 0 aromatic heterocycles. The van der Waals surface area contributed by atoms with Gasteiger partial charge in [-0.05, 0) is 6.26 Å². The summed E-state index contributed by atoms with van der Waals surface area (Å²) >= 11 is 10.1. The van der Waals surface area contributed by atoms with Gasteiger partial charge in [0.05, 0.1) is 0 Å². The summed E-state index contributed by atoms with van der Waals surface area (Å²) in [5, 5.41) is 1.77. The molecule has 6 heteroatoms. The highest BCUT2D eigenvalue weighted by Crippen LogP contribution is 2.43. The molecule has 2 heterocycles. The van der Waals surface area contributed by atoms with Crippen molar-refractivity contribution in [1.29, 1.82) is 0 Å². The van der Waals surface area contributed by atoms with Gasteiger partial charge in [0.2, 0.25) is 0 Å². The average molecular weight is 272 g/mol. The van der Waals surface area contributed by atoms with E-state index in [1.54, 1.807) is 0 Å². The van der Waals surface area contributed by atoms with E-state index in [0.717, 1.165) is 10.5 Å². The summed E-state index contributed by atoms with van der Waals surface area (Å²) < 4.78 is 2.41. The molecule has 13 heavy (non-hydrogen) atoms. The third-order valence-corrected chi connectivity index (χ3v) is 9.06. The van der Waals surface area contributed by atoms with Crippen molar-refractivity contribution in [2.75, 3.05) is 29.3 Å². The Balaban J connectivity index is 1.65. The van der Waals surface area contributed by atoms with Crippen molar-refractivity contribution < 1.29 is 0 Å². The van der Waals surface area contributed by atoms with E-state index in [2.05, 4.69) is 32.9 Å². The van der Waals surface area contributed by atoms with Crippen LogP contribution in [-0.2, 0) is 0 Å². The number of hydrogen-bond donors (Lipinski definition) is 0. The first-order valence-electron chi connectivity index (χ1n) is 4.22. The number of nitrogens with zero attached hydrogens (tertiary/aromatic N) is 1. The predicted octanol–water partition coefficient (Wildman–Crippen LogP) is 3.09. The van der Waals surface area contributed by atoms with Crippen LogP contribution >= 0.6 is 59.4 Å². The highest BCUT2D eigenvalue weighted by atomic mass is 32.3. The first-order chi connectivity index (χ1) is 6.38. The quantitative estimate of drug-likeness (QED) is 0.702. The van der Waals surface area contributed by atoms with Crippen molar-refractivity contribution in [3.05, 3.63) is 0 Å². The largest absolute Gasteiger partial charge is 0.160 e. The minimum atomic E-state index is 0.887. The summed E-state index contributed by atoms with van der Waals surface area (Å²) in [5.74, 6) is 5.40. The van der Waals surface area contributed by atoms with Gasteiger partial charge in [0.25, 0.3) is 0 Å². The minimum absolute atomic E-state index is 0.887. The van der Waals surface area contributed by atoms with E-state index >= 15 is 0 Å². The number of hydrogen-bond acceptors (Lipinski definition) is 6. The van der Waals surface area contributed by atoms with E-state index in [9.17, 15) is 0 Å². The van der Waals surface area contributed by atoms with Crippen molar-refractivity contribution in [3.8, 4) is 0 Å². The standard InChI is InChI=1S/C7H13NS5/c1-9-8(12-6-2-10-3-6)13-7-4-11-5-7/h6-7H,2-5H2,1H3. The molecule has 0 aromatic carbocycles. The molecule has 0 amide bonds. The minimum Gasteiger partial charge on any atom is -0.160 e. The predicted molar refractivity (Wildman–Crippen MR) is 72.8 cm³/mol. The second-order valence-corrected chi connectivity index (χ2v) is 8.99. The van der Waals surface area contributed by atoms with Crippen LogP contribution in [0.25, 0.3) is 0 Å².